The SMILES string of the molecule is CC(C)(C)c1cc2nc(c1)C(C(C)(C)C)C2C(C)(C)C. The van der Waals surface area contributed by atoms with Crippen molar-refractivity contribution in [3.05, 3.63) is 29.1 Å². The maximum atomic E-state index is 4.95. The summed E-state index contributed by atoms with van der Waals surface area (Å²) in [6, 6.07) is 4.70. The molecule has 0 spiro atoms. The van der Waals surface area contributed by atoms with Crippen LogP contribution in [-0.4, -0.2) is 4.98 Å². The van der Waals surface area contributed by atoms with Crippen molar-refractivity contribution in [3.8, 4) is 0 Å². The molecule has 2 heterocycles. The Balaban J connectivity index is 2.61. The van der Waals surface area contributed by atoms with Gasteiger partial charge in [0.15, 0.2) is 0 Å². The number of hydrogen-bond donors (Lipinski definition) is 0. The Morgan fingerprint density at radius 2 is 1.05 bits per heavy atom. The molecule has 0 aromatic carbocycles. The first-order valence-corrected chi connectivity index (χ1v) is 7.84. The number of fused-ring (bicyclic) bond motifs is 2. The molecule has 2 atom stereocenters. The van der Waals surface area contributed by atoms with Crippen LogP contribution < -0.4 is 0 Å². The Kier molecular flexibility index (Phi) is 3.36. The normalized spacial score (nSPS) is 23.2. The fourth-order valence-corrected chi connectivity index (χ4v) is 3.55. The van der Waals surface area contributed by atoms with E-state index in [1.54, 1.807) is 0 Å². The quantitative estimate of drug-likeness (QED) is 0.595. The summed E-state index contributed by atoms with van der Waals surface area (Å²) >= 11 is 0. The van der Waals surface area contributed by atoms with E-state index in [2.05, 4.69) is 74.4 Å². The molecule has 0 saturated carbocycles. The van der Waals surface area contributed by atoms with E-state index in [-0.39, 0.29) is 16.2 Å². The zero-order valence-corrected chi connectivity index (χ0v) is 14.8. The van der Waals surface area contributed by atoms with Crippen molar-refractivity contribution >= 4 is 0 Å². The van der Waals surface area contributed by atoms with E-state index in [1.165, 1.54) is 17.0 Å². The maximum Gasteiger partial charge on any atom is 0.0453 e. The van der Waals surface area contributed by atoms with Gasteiger partial charge in [0, 0.05) is 23.2 Å². The van der Waals surface area contributed by atoms with E-state index in [0.717, 1.165) is 0 Å². The van der Waals surface area contributed by atoms with E-state index in [4.69, 9.17) is 4.98 Å². The summed E-state index contributed by atoms with van der Waals surface area (Å²) in [6.07, 6.45) is 0. The van der Waals surface area contributed by atoms with Crippen LogP contribution >= 0.6 is 0 Å². The third-order valence-corrected chi connectivity index (χ3v) is 4.57. The molecule has 20 heavy (non-hydrogen) atoms. The van der Waals surface area contributed by atoms with Crippen LogP contribution in [0, 0.1) is 10.8 Å². The summed E-state index contributed by atoms with van der Waals surface area (Å²) in [7, 11) is 0. The lowest BCUT2D eigenvalue weighted by molar-refractivity contribution is 0.196. The van der Waals surface area contributed by atoms with Gasteiger partial charge in [0.25, 0.3) is 0 Å². The molecule has 1 nitrogen and oxygen atoms in total. The second-order valence-corrected chi connectivity index (χ2v) is 9.64. The standard InChI is InChI=1S/C19H31N/c1-17(2,3)12-10-13-15(18(4,5)6)16(19(7,8)9)14(11-12)20-13/h10-11,15-16H,1-9H3. The summed E-state index contributed by atoms with van der Waals surface area (Å²) in [5.74, 6) is 1.04. The molecule has 0 amide bonds. The molecule has 1 aromatic heterocycles. The molecule has 2 bridgehead atoms. The Morgan fingerprint density at radius 1 is 0.700 bits per heavy atom. The Morgan fingerprint density at radius 3 is 1.30 bits per heavy atom. The van der Waals surface area contributed by atoms with Crippen molar-refractivity contribution in [2.75, 3.05) is 0 Å². The average Bonchev–Trinajstić information content (AvgIpc) is 2.46. The minimum absolute atomic E-state index is 0.196. The van der Waals surface area contributed by atoms with Gasteiger partial charge in [-0.2, -0.15) is 0 Å². The van der Waals surface area contributed by atoms with Gasteiger partial charge < -0.3 is 0 Å². The number of hydrogen-bond acceptors (Lipinski definition) is 1. The van der Waals surface area contributed by atoms with Crippen LogP contribution in [-0.2, 0) is 5.41 Å². The van der Waals surface area contributed by atoms with Gasteiger partial charge in [0.1, 0.15) is 0 Å². The molecule has 2 rings (SSSR count). The molecule has 0 aliphatic carbocycles. The largest absolute Gasteiger partial charge is 0.257 e. The van der Waals surface area contributed by atoms with E-state index in [9.17, 15) is 0 Å². The van der Waals surface area contributed by atoms with E-state index >= 15 is 0 Å². The molecule has 0 N–H and O–H groups in total. The highest BCUT2D eigenvalue weighted by molar-refractivity contribution is 5.39. The molecular formula is C19H31N. The third kappa shape index (κ3) is 2.64. The fourth-order valence-electron chi connectivity index (χ4n) is 3.55. The van der Waals surface area contributed by atoms with Gasteiger partial charge in [-0.3, -0.25) is 4.98 Å². The second-order valence-electron chi connectivity index (χ2n) is 9.64. The third-order valence-electron chi connectivity index (χ3n) is 4.57. The van der Waals surface area contributed by atoms with Crippen LogP contribution in [0.5, 0.6) is 0 Å². The minimum atomic E-state index is 0.196. The summed E-state index contributed by atoms with van der Waals surface area (Å²) in [5, 5.41) is 0. The van der Waals surface area contributed by atoms with Crippen molar-refractivity contribution < 1.29 is 0 Å². The molecule has 0 fully saturated rings. The molecule has 1 aromatic rings. The lowest BCUT2D eigenvalue weighted by Gasteiger charge is -2.39. The molecule has 1 aliphatic rings. The topological polar surface area (TPSA) is 12.9 Å². The minimum Gasteiger partial charge on any atom is -0.257 e. The fraction of sp³-hybridized carbons (Fsp3) is 0.737. The highest BCUT2D eigenvalue weighted by atomic mass is 14.8. The molecule has 112 valence electrons. The van der Waals surface area contributed by atoms with E-state index in [1.807, 2.05) is 0 Å². The second kappa shape index (κ2) is 4.32. The number of rotatable bonds is 0. The number of pyridine rings is 1. The van der Waals surface area contributed by atoms with Crippen molar-refractivity contribution in [2.24, 2.45) is 10.8 Å². The molecular weight excluding hydrogens is 242 g/mol. The Labute approximate surface area is 125 Å². The first-order chi connectivity index (χ1) is 8.82. The summed E-state index contributed by atoms with van der Waals surface area (Å²) < 4.78 is 0. The number of aromatic nitrogens is 1. The molecule has 1 aliphatic heterocycles. The monoisotopic (exact) mass is 273 g/mol. The first kappa shape index (κ1) is 15.5. The predicted octanol–water partition coefficient (Wildman–Crippen LogP) is 5.65. The lowest BCUT2D eigenvalue weighted by atomic mass is 9.64. The van der Waals surface area contributed by atoms with Crippen LogP contribution in [0.15, 0.2) is 12.1 Å². The first-order valence-electron chi connectivity index (χ1n) is 7.84. The van der Waals surface area contributed by atoms with Crippen LogP contribution in [0.1, 0.15) is 91.1 Å². The van der Waals surface area contributed by atoms with Gasteiger partial charge in [-0.25, -0.2) is 0 Å². The van der Waals surface area contributed by atoms with Crippen LogP contribution in [0.4, 0.5) is 0 Å². The van der Waals surface area contributed by atoms with Crippen LogP contribution in [0.3, 0.4) is 0 Å². The van der Waals surface area contributed by atoms with Gasteiger partial charge in [-0.05, 0) is 33.9 Å². The molecule has 1 heteroatoms. The van der Waals surface area contributed by atoms with Crippen molar-refractivity contribution in [2.45, 2.75) is 79.6 Å². The van der Waals surface area contributed by atoms with Gasteiger partial charge in [0.05, 0.1) is 0 Å². The predicted molar refractivity (Wildman–Crippen MR) is 87.3 cm³/mol. The Hall–Kier alpha value is -0.850. The summed E-state index contributed by atoms with van der Waals surface area (Å²) in [5.41, 5.74) is 4.73. The van der Waals surface area contributed by atoms with Gasteiger partial charge in [0.2, 0.25) is 0 Å². The van der Waals surface area contributed by atoms with Crippen molar-refractivity contribution in [1.82, 2.24) is 4.98 Å². The zero-order valence-electron chi connectivity index (χ0n) is 14.8. The van der Waals surface area contributed by atoms with E-state index < -0.39 is 0 Å². The number of nitrogens with zero attached hydrogens (tertiary/aromatic N) is 1. The smallest absolute Gasteiger partial charge is 0.0453 e. The Bertz CT molecular complexity index is 468. The maximum absolute atomic E-state index is 4.95. The average molecular weight is 273 g/mol. The molecule has 0 radical (unpaired) electrons. The van der Waals surface area contributed by atoms with Gasteiger partial charge >= 0.3 is 0 Å². The highest BCUT2D eigenvalue weighted by Gasteiger charge is 2.46. The van der Waals surface area contributed by atoms with Crippen LogP contribution in [0.25, 0.3) is 0 Å². The zero-order chi connectivity index (χ0) is 15.5. The van der Waals surface area contributed by atoms with Crippen molar-refractivity contribution in [3.63, 3.8) is 0 Å². The molecule has 2 unspecified atom stereocenters. The van der Waals surface area contributed by atoms with Crippen LogP contribution in [0.2, 0.25) is 0 Å². The lowest BCUT2D eigenvalue weighted by Crippen LogP contribution is -2.29. The van der Waals surface area contributed by atoms with Gasteiger partial charge in [-0.15, -0.1) is 0 Å². The van der Waals surface area contributed by atoms with Crippen molar-refractivity contribution in [1.29, 1.82) is 0 Å². The highest BCUT2D eigenvalue weighted by Crippen LogP contribution is 2.56. The molecule has 0 saturated heterocycles. The summed E-state index contributed by atoms with van der Waals surface area (Å²) in [4.78, 5) is 4.95. The van der Waals surface area contributed by atoms with E-state index in [0.29, 0.717) is 11.8 Å². The summed E-state index contributed by atoms with van der Waals surface area (Å²) in [6.45, 7) is 21.0. The van der Waals surface area contributed by atoms with Gasteiger partial charge in [-0.1, -0.05) is 62.3 Å².